The Morgan fingerprint density at radius 2 is 1.49 bits per heavy atom. The van der Waals surface area contributed by atoms with Gasteiger partial charge in [0, 0.05) is 33.5 Å². The molecule has 0 heterocycles. The van der Waals surface area contributed by atoms with Crippen LogP contribution in [0.2, 0.25) is 0 Å². The van der Waals surface area contributed by atoms with Gasteiger partial charge in [0.1, 0.15) is 29.0 Å². The van der Waals surface area contributed by atoms with Crippen LogP contribution in [0.1, 0.15) is 98.3 Å². The minimum atomic E-state index is -0.973. The topological polar surface area (TPSA) is 135 Å². The second-order valence-electron chi connectivity index (χ2n) is 14.2. The molecule has 2 rings (SSSR count). The lowest BCUT2D eigenvalue weighted by Crippen LogP contribution is -2.53. The van der Waals surface area contributed by atoms with Gasteiger partial charge in [-0.05, 0) is 96.6 Å². The van der Waals surface area contributed by atoms with Crippen molar-refractivity contribution in [2.75, 3.05) is 20.2 Å². The number of carbonyl (C=O) groups excluding carboxylic acids is 4. The lowest BCUT2D eigenvalue weighted by atomic mass is 10.0. The Hall–Kier alpha value is -4.54. The molecule has 0 aliphatic heterocycles. The van der Waals surface area contributed by atoms with Crippen LogP contribution in [0, 0.1) is 6.92 Å². The quantitative estimate of drug-likeness (QED) is 0.124. The van der Waals surface area contributed by atoms with Crippen molar-refractivity contribution in [3.8, 4) is 5.75 Å². The standard InChI is InChI=1S/C38H56N4O7.C2H6/c1-26-17-19-31(47-22-14-21-42(10)36(46)49-38(7,8)9)24-30(26)25-39-34(44)32(20-18-29-15-12-11-13-16-29)41-35(45)33(40-28(3)43)23-27(2)48-37(4,5)6;1-2/h11-13,15-17,19,24,32-33H,2,14,18,20-23,25H2,1,3-10H3,(H,39,44)(H,40,43)(H,41,45);1-2H3/t32?,33-;/m0./s1. The molecule has 0 fully saturated rings. The van der Waals surface area contributed by atoms with Crippen LogP contribution in [0.25, 0.3) is 0 Å². The summed E-state index contributed by atoms with van der Waals surface area (Å²) in [5, 5.41) is 8.50. The number of carbonyl (C=O) groups is 4. The number of hydrogen-bond donors (Lipinski definition) is 3. The fourth-order valence-corrected chi connectivity index (χ4v) is 4.81. The zero-order valence-electron chi connectivity index (χ0n) is 32.7. The number of rotatable bonds is 17. The number of nitrogens with zero attached hydrogens (tertiary/aromatic N) is 1. The molecule has 0 radical (unpaired) electrons. The van der Waals surface area contributed by atoms with E-state index in [0.717, 1.165) is 16.7 Å². The summed E-state index contributed by atoms with van der Waals surface area (Å²) in [4.78, 5) is 52.8. The van der Waals surface area contributed by atoms with Gasteiger partial charge >= 0.3 is 6.09 Å². The highest BCUT2D eigenvalue weighted by molar-refractivity contribution is 5.92. The van der Waals surface area contributed by atoms with Crippen molar-refractivity contribution in [2.45, 2.75) is 125 Å². The minimum absolute atomic E-state index is 0.0545. The van der Waals surface area contributed by atoms with E-state index in [9.17, 15) is 19.2 Å². The predicted molar refractivity (Wildman–Crippen MR) is 202 cm³/mol. The molecular formula is C40H62N4O7. The minimum Gasteiger partial charge on any atom is -0.494 e. The third-order valence-electron chi connectivity index (χ3n) is 7.16. The van der Waals surface area contributed by atoms with Gasteiger partial charge in [-0.1, -0.05) is 56.8 Å². The van der Waals surface area contributed by atoms with Gasteiger partial charge in [-0.15, -0.1) is 0 Å². The summed E-state index contributed by atoms with van der Waals surface area (Å²) < 4.78 is 17.1. The second kappa shape index (κ2) is 21.6. The molecule has 0 saturated carbocycles. The molecule has 11 nitrogen and oxygen atoms in total. The largest absolute Gasteiger partial charge is 0.494 e. The van der Waals surface area contributed by atoms with E-state index in [1.807, 2.05) is 111 Å². The average molecular weight is 711 g/mol. The summed E-state index contributed by atoms with van der Waals surface area (Å²) >= 11 is 0. The summed E-state index contributed by atoms with van der Waals surface area (Å²) in [6.07, 6.45) is 1.17. The SMILES string of the molecule is C=C(C[C@H](NC(C)=O)C(=O)NC(CCc1ccccc1)C(=O)NCc1cc(OCCCN(C)C(=O)OC(C)(C)C)ccc1C)OC(C)(C)C.CC. The lowest BCUT2D eigenvalue weighted by Gasteiger charge is -2.27. The van der Waals surface area contributed by atoms with Crippen molar-refractivity contribution < 1.29 is 33.4 Å². The Kier molecular flexibility index (Phi) is 18.9. The van der Waals surface area contributed by atoms with E-state index >= 15 is 0 Å². The van der Waals surface area contributed by atoms with Gasteiger partial charge < -0.3 is 35.1 Å². The highest BCUT2D eigenvalue weighted by Crippen LogP contribution is 2.19. The number of amides is 4. The molecule has 0 aliphatic carbocycles. The molecule has 4 amide bonds. The maximum Gasteiger partial charge on any atom is 0.410 e. The summed E-state index contributed by atoms with van der Waals surface area (Å²) in [5.74, 6) is -0.266. The van der Waals surface area contributed by atoms with E-state index in [-0.39, 0.29) is 30.9 Å². The van der Waals surface area contributed by atoms with Gasteiger partial charge in [0.05, 0.1) is 12.4 Å². The number of hydrogen-bond acceptors (Lipinski definition) is 7. The van der Waals surface area contributed by atoms with Crippen molar-refractivity contribution >= 4 is 23.8 Å². The number of ether oxygens (including phenoxy) is 3. The Morgan fingerprint density at radius 3 is 2.08 bits per heavy atom. The Balaban J connectivity index is 0.00000638. The normalized spacial score (nSPS) is 12.2. The smallest absolute Gasteiger partial charge is 0.410 e. The van der Waals surface area contributed by atoms with Crippen LogP contribution in [0.15, 0.2) is 60.9 Å². The predicted octanol–water partition coefficient (Wildman–Crippen LogP) is 6.61. The molecule has 0 saturated heterocycles. The molecule has 0 spiro atoms. The van der Waals surface area contributed by atoms with Crippen LogP contribution in [-0.4, -0.2) is 72.2 Å². The molecule has 3 N–H and O–H groups in total. The van der Waals surface area contributed by atoms with Gasteiger partial charge in [-0.25, -0.2) is 4.79 Å². The van der Waals surface area contributed by atoms with Crippen LogP contribution in [0.4, 0.5) is 4.79 Å². The van der Waals surface area contributed by atoms with Crippen molar-refractivity contribution in [1.29, 1.82) is 0 Å². The average Bonchev–Trinajstić information content (AvgIpc) is 3.03. The van der Waals surface area contributed by atoms with Crippen LogP contribution in [-0.2, 0) is 36.8 Å². The molecule has 2 aromatic carbocycles. The van der Waals surface area contributed by atoms with E-state index in [1.165, 1.54) is 11.8 Å². The van der Waals surface area contributed by atoms with Gasteiger partial charge in [0.2, 0.25) is 17.7 Å². The van der Waals surface area contributed by atoms with E-state index < -0.39 is 29.2 Å². The first kappa shape index (κ1) is 44.5. The first-order valence-corrected chi connectivity index (χ1v) is 17.8. The third kappa shape index (κ3) is 18.9. The number of benzene rings is 2. The monoisotopic (exact) mass is 710 g/mol. The molecule has 51 heavy (non-hydrogen) atoms. The molecule has 0 aromatic heterocycles. The molecule has 2 atom stereocenters. The number of nitrogens with one attached hydrogen (secondary N) is 3. The molecule has 0 aliphatic rings. The maximum absolute atomic E-state index is 13.6. The molecule has 2 aromatic rings. The third-order valence-corrected chi connectivity index (χ3v) is 7.16. The van der Waals surface area contributed by atoms with E-state index in [4.69, 9.17) is 14.2 Å². The summed E-state index contributed by atoms with van der Waals surface area (Å²) in [6.45, 7) is 23.4. The lowest BCUT2D eigenvalue weighted by molar-refractivity contribution is -0.132. The molecule has 1 unspecified atom stereocenters. The first-order valence-electron chi connectivity index (χ1n) is 17.8. The second-order valence-corrected chi connectivity index (χ2v) is 14.2. The van der Waals surface area contributed by atoms with Crippen LogP contribution in [0.3, 0.4) is 0 Å². The summed E-state index contributed by atoms with van der Waals surface area (Å²) in [7, 11) is 1.69. The van der Waals surface area contributed by atoms with E-state index in [1.54, 1.807) is 7.05 Å². The van der Waals surface area contributed by atoms with Gasteiger partial charge in [-0.3, -0.25) is 14.4 Å². The van der Waals surface area contributed by atoms with E-state index in [0.29, 0.717) is 43.9 Å². The Bertz CT molecular complexity index is 1410. The fourth-order valence-electron chi connectivity index (χ4n) is 4.81. The van der Waals surface area contributed by atoms with Crippen LogP contribution < -0.4 is 20.7 Å². The van der Waals surface area contributed by atoms with Gasteiger partial charge in [-0.2, -0.15) is 0 Å². The highest BCUT2D eigenvalue weighted by atomic mass is 16.6. The summed E-state index contributed by atoms with van der Waals surface area (Å²) in [5.41, 5.74) is 1.76. The van der Waals surface area contributed by atoms with Crippen molar-refractivity contribution in [3.05, 3.63) is 77.6 Å². The first-order chi connectivity index (χ1) is 23.8. The van der Waals surface area contributed by atoms with E-state index in [2.05, 4.69) is 22.5 Å². The molecule has 0 bridgehead atoms. The Labute approximate surface area is 305 Å². The fraction of sp³-hybridized carbons (Fsp3) is 0.550. The maximum atomic E-state index is 13.6. The van der Waals surface area contributed by atoms with Crippen molar-refractivity contribution in [2.24, 2.45) is 0 Å². The van der Waals surface area contributed by atoms with Crippen molar-refractivity contribution in [3.63, 3.8) is 0 Å². The van der Waals surface area contributed by atoms with Crippen molar-refractivity contribution in [1.82, 2.24) is 20.9 Å². The van der Waals surface area contributed by atoms with Crippen LogP contribution >= 0.6 is 0 Å². The molecule has 11 heteroatoms. The molecular weight excluding hydrogens is 648 g/mol. The van der Waals surface area contributed by atoms with Gasteiger partial charge in [0.25, 0.3) is 0 Å². The highest BCUT2D eigenvalue weighted by Gasteiger charge is 2.28. The van der Waals surface area contributed by atoms with Crippen LogP contribution in [0.5, 0.6) is 5.75 Å². The zero-order chi connectivity index (χ0) is 38.8. The Morgan fingerprint density at radius 1 is 0.863 bits per heavy atom. The zero-order valence-corrected chi connectivity index (χ0v) is 32.7. The van der Waals surface area contributed by atoms with Gasteiger partial charge in [0.15, 0.2) is 0 Å². The summed E-state index contributed by atoms with van der Waals surface area (Å²) in [6, 6.07) is 13.5. The number of aryl methyl sites for hydroxylation is 2. The molecule has 284 valence electrons.